The van der Waals surface area contributed by atoms with E-state index >= 15 is 0 Å². The van der Waals surface area contributed by atoms with E-state index in [2.05, 4.69) is 4.98 Å². The van der Waals surface area contributed by atoms with Gasteiger partial charge in [-0.2, -0.15) is 0 Å². The fourth-order valence-electron chi connectivity index (χ4n) is 2.87. The van der Waals surface area contributed by atoms with Gasteiger partial charge < -0.3 is 15.4 Å². The van der Waals surface area contributed by atoms with Crippen molar-refractivity contribution in [1.82, 2.24) is 9.88 Å². The average molecular weight is 393 g/mol. The van der Waals surface area contributed by atoms with Gasteiger partial charge in [0, 0.05) is 25.7 Å². The average Bonchev–Trinajstić information content (AvgIpc) is 2.96. The molecule has 0 bridgehead atoms. The molecule has 28 heavy (non-hydrogen) atoms. The molecule has 148 valence electrons. The highest BCUT2D eigenvalue weighted by molar-refractivity contribution is 6.00. The first-order chi connectivity index (χ1) is 13.2. The minimum Gasteiger partial charge on any atom is -0.471 e. The number of primary amides is 1. The zero-order valence-electron chi connectivity index (χ0n) is 15.0. The maximum absolute atomic E-state index is 13.9. The first kappa shape index (κ1) is 19.7. The lowest BCUT2D eigenvalue weighted by molar-refractivity contribution is -0.0449. The summed E-state index contributed by atoms with van der Waals surface area (Å²) in [6, 6.07) is 5.49. The van der Waals surface area contributed by atoms with Gasteiger partial charge in [-0.1, -0.05) is 13.0 Å². The molecule has 0 saturated heterocycles. The van der Waals surface area contributed by atoms with Crippen molar-refractivity contribution >= 4 is 11.8 Å². The third-order valence-corrected chi connectivity index (χ3v) is 4.47. The van der Waals surface area contributed by atoms with Crippen LogP contribution in [0, 0.1) is 5.82 Å². The van der Waals surface area contributed by atoms with Crippen molar-refractivity contribution in [2.24, 2.45) is 5.73 Å². The lowest BCUT2D eigenvalue weighted by Crippen LogP contribution is -2.26. The molecule has 9 heteroatoms. The van der Waals surface area contributed by atoms with Crippen LogP contribution in [0.4, 0.5) is 13.2 Å². The predicted octanol–water partition coefficient (Wildman–Crippen LogP) is 2.90. The van der Waals surface area contributed by atoms with Crippen LogP contribution in [0.25, 0.3) is 0 Å². The second-order valence-corrected chi connectivity index (χ2v) is 6.49. The topological polar surface area (TPSA) is 85.5 Å². The molecule has 2 heterocycles. The van der Waals surface area contributed by atoms with Gasteiger partial charge in [0.05, 0.1) is 5.56 Å². The Morgan fingerprint density at radius 3 is 2.75 bits per heavy atom. The summed E-state index contributed by atoms with van der Waals surface area (Å²) < 4.78 is 46.0. The number of nitrogens with zero attached hydrogens (tertiary/aromatic N) is 2. The third-order valence-electron chi connectivity index (χ3n) is 4.47. The number of carbonyl (C=O) groups excluding carboxylic acids is 2. The van der Waals surface area contributed by atoms with Gasteiger partial charge in [0.25, 0.3) is 17.7 Å². The SMILES string of the molecule is CCC(F)(F)COc1nccc2c1C(=O)N(Cc1ccc(C(N)=O)c(F)c1)C2. The van der Waals surface area contributed by atoms with Crippen molar-refractivity contribution in [2.75, 3.05) is 6.61 Å². The summed E-state index contributed by atoms with van der Waals surface area (Å²) in [5.74, 6) is -5.27. The van der Waals surface area contributed by atoms with Crippen LogP contribution < -0.4 is 10.5 Å². The first-order valence-corrected chi connectivity index (χ1v) is 8.58. The second-order valence-electron chi connectivity index (χ2n) is 6.49. The molecule has 2 aromatic rings. The number of aromatic nitrogens is 1. The molecule has 1 aliphatic heterocycles. The minimum atomic E-state index is -3.02. The van der Waals surface area contributed by atoms with Crippen molar-refractivity contribution in [2.45, 2.75) is 32.4 Å². The van der Waals surface area contributed by atoms with Gasteiger partial charge in [-0.15, -0.1) is 0 Å². The molecule has 0 spiro atoms. The first-order valence-electron chi connectivity index (χ1n) is 8.58. The maximum atomic E-state index is 13.9. The number of hydrogen-bond acceptors (Lipinski definition) is 4. The van der Waals surface area contributed by atoms with E-state index in [1.165, 1.54) is 30.2 Å². The van der Waals surface area contributed by atoms with Crippen molar-refractivity contribution in [3.63, 3.8) is 0 Å². The number of pyridine rings is 1. The van der Waals surface area contributed by atoms with Crippen molar-refractivity contribution < 1.29 is 27.5 Å². The zero-order chi connectivity index (χ0) is 20.5. The van der Waals surface area contributed by atoms with Gasteiger partial charge in [0.2, 0.25) is 5.88 Å². The van der Waals surface area contributed by atoms with Crippen LogP contribution in [0.3, 0.4) is 0 Å². The Bertz CT molecular complexity index is 934. The van der Waals surface area contributed by atoms with Gasteiger partial charge in [0.15, 0.2) is 6.61 Å². The highest BCUT2D eigenvalue weighted by atomic mass is 19.3. The summed E-state index contributed by atoms with van der Waals surface area (Å²) in [6.45, 7) is 0.728. The number of nitrogens with two attached hydrogens (primary N) is 1. The van der Waals surface area contributed by atoms with Gasteiger partial charge in [-0.25, -0.2) is 18.2 Å². The van der Waals surface area contributed by atoms with Crippen molar-refractivity contribution in [3.8, 4) is 5.88 Å². The third kappa shape index (κ3) is 3.92. The standard InChI is InChI=1S/C19H18F3N3O3/c1-2-19(21,22)10-28-17-15-12(5-6-24-17)9-25(18(15)27)8-11-3-4-13(16(23)26)14(20)7-11/h3-7H,2,8-10H2,1H3,(H2,23,26). The van der Waals surface area contributed by atoms with Crippen LogP contribution in [0.1, 0.15) is 45.2 Å². The number of amides is 2. The van der Waals surface area contributed by atoms with E-state index in [1.54, 1.807) is 6.07 Å². The molecule has 0 aliphatic carbocycles. The van der Waals surface area contributed by atoms with E-state index in [4.69, 9.17) is 10.5 Å². The molecule has 0 fully saturated rings. The Labute approximate surface area is 159 Å². The molecule has 1 aliphatic rings. The lowest BCUT2D eigenvalue weighted by Gasteiger charge is -2.17. The summed E-state index contributed by atoms with van der Waals surface area (Å²) in [4.78, 5) is 29.2. The highest BCUT2D eigenvalue weighted by Gasteiger charge is 2.34. The van der Waals surface area contributed by atoms with Crippen LogP contribution in [-0.2, 0) is 13.1 Å². The smallest absolute Gasteiger partial charge is 0.281 e. The number of benzene rings is 1. The molecule has 0 atom stereocenters. The Balaban J connectivity index is 1.78. The minimum absolute atomic E-state index is 0.0635. The normalized spacial score (nSPS) is 13.6. The Morgan fingerprint density at radius 1 is 1.36 bits per heavy atom. The van der Waals surface area contributed by atoms with E-state index in [1.807, 2.05) is 0 Å². The molecule has 0 unspecified atom stereocenters. The number of hydrogen-bond donors (Lipinski definition) is 1. The highest BCUT2D eigenvalue weighted by Crippen LogP contribution is 2.31. The summed E-state index contributed by atoms with van der Waals surface area (Å²) in [7, 11) is 0. The fraction of sp³-hybridized carbons (Fsp3) is 0.316. The van der Waals surface area contributed by atoms with E-state index in [-0.39, 0.29) is 30.1 Å². The molecule has 2 amide bonds. The largest absolute Gasteiger partial charge is 0.471 e. The maximum Gasteiger partial charge on any atom is 0.281 e. The van der Waals surface area contributed by atoms with Crippen LogP contribution in [0.15, 0.2) is 30.5 Å². The summed E-state index contributed by atoms with van der Waals surface area (Å²) in [5.41, 5.74) is 6.01. The molecule has 6 nitrogen and oxygen atoms in total. The van der Waals surface area contributed by atoms with Crippen LogP contribution in [0.2, 0.25) is 0 Å². The Kier molecular flexibility index (Phi) is 5.26. The van der Waals surface area contributed by atoms with Gasteiger partial charge in [0.1, 0.15) is 11.4 Å². The number of alkyl halides is 2. The number of ether oxygens (including phenoxy) is 1. The quantitative estimate of drug-likeness (QED) is 0.784. The zero-order valence-corrected chi connectivity index (χ0v) is 15.0. The predicted molar refractivity (Wildman–Crippen MR) is 93.5 cm³/mol. The van der Waals surface area contributed by atoms with Gasteiger partial charge in [-0.05, 0) is 29.3 Å². The number of carbonyl (C=O) groups is 2. The fourth-order valence-corrected chi connectivity index (χ4v) is 2.87. The molecule has 0 radical (unpaired) electrons. The summed E-state index contributed by atoms with van der Waals surface area (Å²) >= 11 is 0. The second kappa shape index (κ2) is 7.49. The van der Waals surface area contributed by atoms with E-state index in [0.29, 0.717) is 11.1 Å². The summed E-state index contributed by atoms with van der Waals surface area (Å²) in [5, 5.41) is 0. The number of rotatable bonds is 7. The van der Waals surface area contributed by atoms with E-state index < -0.39 is 36.6 Å². The van der Waals surface area contributed by atoms with Crippen molar-refractivity contribution in [1.29, 1.82) is 0 Å². The van der Waals surface area contributed by atoms with E-state index in [9.17, 15) is 22.8 Å². The molecular weight excluding hydrogens is 375 g/mol. The lowest BCUT2D eigenvalue weighted by atomic mass is 10.1. The number of halogens is 3. The van der Waals surface area contributed by atoms with Crippen molar-refractivity contribution in [3.05, 3.63) is 58.5 Å². The Hall–Kier alpha value is -3.10. The Morgan fingerprint density at radius 2 is 2.11 bits per heavy atom. The van der Waals surface area contributed by atoms with E-state index in [0.717, 1.165) is 6.07 Å². The molecule has 1 aromatic heterocycles. The van der Waals surface area contributed by atoms with Crippen LogP contribution in [0.5, 0.6) is 5.88 Å². The van der Waals surface area contributed by atoms with Gasteiger partial charge >= 0.3 is 0 Å². The summed E-state index contributed by atoms with van der Waals surface area (Å²) in [6.07, 6.45) is 0.991. The van der Waals surface area contributed by atoms with Crippen LogP contribution >= 0.6 is 0 Å². The molecular formula is C19H18F3N3O3. The molecule has 2 N–H and O–H groups in total. The monoisotopic (exact) mass is 393 g/mol. The van der Waals surface area contributed by atoms with Gasteiger partial charge in [-0.3, -0.25) is 9.59 Å². The molecule has 3 rings (SSSR count). The number of fused-ring (bicyclic) bond motifs is 1. The van der Waals surface area contributed by atoms with Crippen LogP contribution in [-0.4, -0.2) is 34.2 Å². The molecule has 0 saturated carbocycles. The molecule has 1 aromatic carbocycles.